The standard InChI is InChI=1S/C9H9BrN2O/c10-9-5-8(12-3-4-13)2-1-7(9)6-11/h1-2,5,12-13H,3-4H2. The highest BCUT2D eigenvalue weighted by Gasteiger charge is 1.99. The fraction of sp³-hybridized carbons (Fsp3) is 0.222. The zero-order valence-corrected chi connectivity index (χ0v) is 8.50. The first-order valence-corrected chi connectivity index (χ1v) is 4.61. The molecule has 0 heterocycles. The maximum Gasteiger partial charge on any atom is 0.100 e. The Labute approximate surface area is 85.1 Å². The van der Waals surface area contributed by atoms with Crippen molar-refractivity contribution in [3.63, 3.8) is 0 Å². The van der Waals surface area contributed by atoms with Crippen LogP contribution in [0.25, 0.3) is 0 Å². The molecule has 0 bridgehead atoms. The predicted molar refractivity (Wildman–Crippen MR) is 54.4 cm³/mol. The second-order valence-electron chi connectivity index (χ2n) is 2.46. The zero-order chi connectivity index (χ0) is 9.68. The summed E-state index contributed by atoms with van der Waals surface area (Å²) < 4.78 is 0.762. The first kappa shape index (κ1) is 10.0. The van der Waals surface area contributed by atoms with E-state index in [0.29, 0.717) is 12.1 Å². The van der Waals surface area contributed by atoms with Crippen molar-refractivity contribution >= 4 is 21.6 Å². The second kappa shape index (κ2) is 4.85. The van der Waals surface area contributed by atoms with Gasteiger partial charge in [-0.3, -0.25) is 0 Å². The fourth-order valence-electron chi connectivity index (χ4n) is 0.916. The average molecular weight is 241 g/mol. The Morgan fingerprint density at radius 2 is 2.31 bits per heavy atom. The van der Waals surface area contributed by atoms with Gasteiger partial charge in [-0.2, -0.15) is 5.26 Å². The van der Waals surface area contributed by atoms with Gasteiger partial charge in [0.2, 0.25) is 0 Å². The summed E-state index contributed by atoms with van der Waals surface area (Å²) in [6.45, 7) is 0.607. The number of hydrogen-bond acceptors (Lipinski definition) is 3. The lowest BCUT2D eigenvalue weighted by molar-refractivity contribution is 0.311. The highest BCUT2D eigenvalue weighted by atomic mass is 79.9. The lowest BCUT2D eigenvalue weighted by Crippen LogP contribution is -2.05. The van der Waals surface area contributed by atoms with Gasteiger partial charge < -0.3 is 10.4 Å². The van der Waals surface area contributed by atoms with E-state index in [0.717, 1.165) is 10.2 Å². The van der Waals surface area contributed by atoms with Crippen LogP contribution >= 0.6 is 15.9 Å². The summed E-state index contributed by atoms with van der Waals surface area (Å²) in [5.41, 5.74) is 1.49. The molecule has 0 fully saturated rings. The van der Waals surface area contributed by atoms with E-state index in [2.05, 4.69) is 27.3 Å². The van der Waals surface area contributed by atoms with Gasteiger partial charge in [0.05, 0.1) is 12.2 Å². The van der Waals surface area contributed by atoms with E-state index >= 15 is 0 Å². The smallest absolute Gasteiger partial charge is 0.100 e. The van der Waals surface area contributed by atoms with Crippen molar-refractivity contribution in [2.45, 2.75) is 0 Å². The van der Waals surface area contributed by atoms with E-state index in [1.807, 2.05) is 6.07 Å². The minimum Gasteiger partial charge on any atom is -0.395 e. The zero-order valence-electron chi connectivity index (χ0n) is 6.92. The van der Waals surface area contributed by atoms with E-state index in [-0.39, 0.29) is 6.61 Å². The molecule has 68 valence electrons. The Kier molecular flexibility index (Phi) is 3.74. The summed E-state index contributed by atoms with van der Waals surface area (Å²) in [4.78, 5) is 0. The van der Waals surface area contributed by atoms with Crippen LogP contribution in [-0.2, 0) is 0 Å². The Balaban J connectivity index is 2.79. The quantitative estimate of drug-likeness (QED) is 0.847. The molecule has 0 amide bonds. The Morgan fingerprint density at radius 1 is 1.54 bits per heavy atom. The Morgan fingerprint density at radius 3 is 2.85 bits per heavy atom. The van der Waals surface area contributed by atoms with Gasteiger partial charge in [-0.1, -0.05) is 0 Å². The molecule has 0 atom stereocenters. The molecule has 4 heteroatoms. The maximum atomic E-state index is 8.64. The fourth-order valence-corrected chi connectivity index (χ4v) is 1.38. The molecule has 2 N–H and O–H groups in total. The van der Waals surface area contributed by atoms with Crippen LogP contribution in [0.2, 0.25) is 0 Å². The van der Waals surface area contributed by atoms with Gasteiger partial charge in [-0.25, -0.2) is 0 Å². The van der Waals surface area contributed by atoms with Crippen molar-refractivity contribution < 1.29 is 5.11 Å². The van der Waals surface area contributed by atoms with Crippen molar-refractivity contribution in [3.8, 4) is 6.07 Å². The molecule has 1 aromatic rings. The number of nitriles is 1. The molecule has 0 aliphatic heterocycles. The molecular weight excluding hydrogens is 232 g/mol. The average Bonchev–Trinajstić information content (AvgIpc) is 2.15. The third-order valence-electron chi connectivity index (χ3n) is 1.53. The van der Waals surface area contributed by atoms with Crippen LogP contribution in [0.15, 0.2) is 22.7 Å². The molecule has 13 heavy (non-hydrogen) atoms. The summed E-state index contributed by atoms with van der Waals surface area (Å²) in [5, 5.41) is 20.2. The molecule has 0 spiro atoms. The highest BCUT2D eigenvalue weighted by molar-refractivity contribution is 9.10. The monoisotopic (exact) mass is 240 g/mol. The number of aliphatic hydroxyl groups excluding tert-OH is 1. The van der Waals surface area contributed by atoms with Gasteiger partial charge in [0.25, 0.3) is 0 Å². The van der Waals surface area contributed by atoms with Crippen molar-refractivity contribution in [2.24, 2.45) is 0 Å². The first-order chi connectivity index (χ1) is 6.27. The third-order valence-corrected chi connectivity index (χ3v) is 2.19. The number of rotatable bonds is 3. The first-order valence-electron chi connectivity index (χ1n) is 3.82. The Hall–Kier alpha value is -1.05. The molecule has 3 nitrogen and oxygen atoms in total. The molecule has 0 unspecified atom stereocenters. The summed E-state index contributed by atoms with van der Waals surface area (Å²) in [5.74, 6) is 0. The molecule has 0 radical (unpaired) electrons. The second-order valence-corrected chi connectivity index (χ2v) is 3.31. The van der Waals surface area contributed by atoms with Crippen LogP contribution in [0.1, 0.15) is 5.56 Å². The number of benzene rings is 1. The molecule has 0 aliphatic rings. The van der Waals surface area contributed by atoms with Crippen molar-refractivity contribution in [1.29, 1.82) is 5.26 Å². The summed E-state index contributed by atoms with van der Waals surface area (Å²) in [6.07, 6.45) is 0. The van der Waals surface area contributed by atoms with E-state index in [4.69, 9.17) is 10.4 Å². The van der Waals surface area contributed by atoms with Crippen molar-refractivity contribution in [1.82, 2.24) is 0 Å². The van der Waals surface area contributed by atoms with Crippen LogP contribution in [-0.4, -0.2) is 18.3 Å². The Bertz CT molecular complexity index is 333. The largest absolute Gasteiger partial charge is 0.395 e. The van der Waals surface area contributed by atoms with E-state index < -0.39 is 0 Å². The number of aliphatic hydroxyl groups is 1. The van der Waals surface area contributed by atoms with Crippen LogP contribution < -0.4 is 5.32 Å². The van der Waals surface area contributed by atoms with Gasteiger partial charge in [0.1, 0.15) is 6.07 Å². The number of halogens is 1. The molecule has 1 rings (SSSR count). The third kappa shape index (κ3) is 2.72. The maximum absolute atomic E-state index is 8.64. The van der Waals surface area contributed by atoms with Crippen LogP contribution in [0.5, 0.6) is 0 Å². The minimum atomic E-state index is 0.0949. The summed E-state index contributed by atoms with van der Waals surface area (Å²) >= 11 is 3.27. The van der Waals surface area contributed by atoms with Gasteiger partial charge >= 0.3 is 0 Å². The normalized spacial score (nSPS) is 9.31. The molecule has 0 saturated heterocycles. The predicted octanol–water partition coefficient (Wildman–Crippen LogP) is 1.72. The van der Waals surface area contributed by atoms with E-state index in [1.165, 1.54) is 0 Å². The minimum absolute atomic E-state index is 0.0949. The summed E-state index contributed by atoms with van der Waals surface area (Å²) in [7, 11) is 0. The van der Waals surface area contributed by atoms with Crippen molar-refractivity contribution in [2.75, 3.05) is 18.5 Å². The number of nitrogens with zero attached hydrogens (tertiary/aromatic N) is 1. The van der Waals surface area contributed by atoms with Crippen LogP contribution in [0.3, 0.4) is 0 Å². The number of nitrogens with one attached hydrogen (secondary N) is 1. The summed E-state index contributed by atoms with van der Waals surface area (Å²) in [6, 6.07) is 7.40. The molecular formula is C9H9BrN2O. The highest BCUT2D eigenvalue weighted by Crippen LogP contribution is 2.20. The van der Waals surface area contributed by atoms with Gasteiger partial charge in [0.15, 0.2) is 0 Å². The topological polar surface area (TPSA) is 56.0 Å². The van der Waals surface area contributed by atoms with Crippen LogP contribution in [0.4, 0.5) is 5.69 Å². The van der Waals surface area contributed by atoms with Crippen LogP contribution in [0, 0.1) is 11.3 Å². The van der Waals surface area contributed by atoms with Crippen molar-refractivity contribution in [3.05, 3.63) is 28.2 Å². The number of hydrogen-bond donors (Lipinski definition) is 2. The lowest BCUT2D eigenvalue weighted by atomic mass is 10.2. The lowest BCUT2D eigenvalue weighted by Gasteiger charge is -2.04. The van der Waals surface area contributed by atoms with Gasteiger partial charge in [-0.15, -0.1) is 0 Å². The SMILES string of the molecule is N#Cc1ccc(NCCO)cc1Br. The molecule has 0 aliphatic carbocycles. The van der Waals surface area contributed by atoms with Gasteiger partial charge in [0, 0.05) is 16.7 Å². The molecule has 0 saturated carbocycles. The molecule has 0 aromatic heterocycles. The van der Waals surface area contributed by atoms with Gasteiger partial charge in [-0.05, 0) is 34.1 Å². The number of anilines is 1. The van der Waals surface area contributed by atoms with E-state index in [1.54, 1.807) is 12.1 Å². The molecule has 1 aromatic carbocycles. The van der Waals surface area contributed by atoms with E-state index in [9.17, 15) is 0 Å².